The lowest BCUT2D eigenvalue weighted by Crippen LogP contribution is -2.38. The molecular formula is C22H24N2O4. The molecule has 2 aromatic heterocycles. The van der Waals surface area contributed by atoms with E-state index < -0.39 is 6.61 Å². The molecule has 1 unspecified atom stereocenters. The lowest BCUT2D eigenvalue weighted by atomic mass is 9.77. The number of ether oxygens (including phenoxy) is 1. The monoisotopic (exact) mass is 380 g/mol. The third kappa shape index (κ3) is 2.89. The summed E-state index contributed by atoms with van der Waals surface area (Å²) in [6, 6.07) is 10.2. The zero-order chi connectivity index (χ0) is 19.8. The van der Waals surface area contributed by atoms with Crippen LogP contribution in [0.25, 0.3) is 21.8 Å². The summed E-state index contributed by atoms with van der Waals surface area (Å²) in [5, 5.41) is 21.6. The largest absolute Gasteiger partial charge is 0.497 e. The summed E-state index contributed by atoms with van der Waals surface area (Å²) in [5.41, 5.74) is 3.42. The van der Waals surface area contributed by atoms with E-state index >= 15 is 0 Å². The van der Waals surface area contributed by atoms with E-state index in [1.807, 2.05) is 32.2 Å². The van der Waals surface area contributed by atoms with E-state index in [0.29, 0.717) is 12.0 Å². The highest BCUT2D eigenvalue weighted by molar-refractivity contribution is 6.08. The maximum Gasteiger partial charge on any atom is 0.187 e. The number of Topliss-reactive ketones (excluding diaryl/α,β-unsaturated/α-hetero) is 1. The van der Waals surface area contributed by atoms with Crippen molar-refractivity contribution < 1.29 is 19.7 Å². The van der Waals surface area contributed by atoms with Crippen molar-refractivity contribution in [2.75, 3.05) is 13.2 Å². The van der Waals surface area contributed by atoms with Crippen LogP contribution in [-0.4, -0.2) is 44.9 Å². The molecule has 2 N–H and O–H groups in total. The first-order chi connectivity index (χ1) is 13.6. The smallest absolute Gasteiger partial charge is 0.187 e. The lowest BCUT2D eigenvalue weighted by molar-refractivity contribution is -0.120. The van der Waals surface area contributed by atoms with Crippen molar-refractivity contribution in [3.05, 3.63) is 54.1 Å². The second-order valence-electron chi connectivity index (χ2n) is 7.38. The Bertz CT molecular complexity index is 1070. The number of aromatic nitrogens is 2. The average molecular weight is 380 g/mol. The molecule has 0 spiro atoms. The first-order valence-corrected chi connectivity index (χ1v) is 9.48. The molecule has 3 heterocycles. The van der Waals surface area contributed by atoms with Gasteiger partial charge in [-0.15, -0.1) is 0 Å². The predicted molar refractivity (Wildman–Crippen MR) is 107 cm³/mol. The van der Waals surface area contributed by atoms with Crippen LogP contribution in [-0.2, 0) is 23.0 Å². The van der Waals surface area contributed by atoms with Crippen LogP contribution in [0, 0.1) is 11.8 Å². The number of aryl methyl sites for hydroxylation is 1. The fraction of sp³-hybridized carbons (Fsp3) is 0.364. The Morgan fingerprint density at radius 3 is 2.75 bits per heavy atom. The number of nitrogens with zero attached hydrogens (tertiary/aromatic N) is 2. The molecule has 28 heavy (non-hydrogen) atoms. The Morgan fingerprint density at radius 1 is 1.21 bits per heavy atom. The zero-order valence-electron chi connectivity index (χ0n) is 16.0. The number of fused-ring (bicyclic) bond motifs is 3. The van der Waals surface area contributed by atoms with Crippen LogP contribution in [0.15, 0.2) is 48.4 Å². The van der Waals surface area contributed by atoms with Gasteiger partial charge in [0.05, 0.1) is 24.1 Å². The van der Waals surface area contributed by atoms with E-state index in [1.54, 1.807) is 6.20 Å². The van der Waals surface area contributed by atoms with Crippen molar-refractivity contribution >= 4 is 27.6 Å². The zero-order valence-corrected chi connectivity index (χ0v) is 16.0. The molecule has 0 bridgehead atoms. The molecule has 0 amide bonds. The number of aliphatic hydroxyl groups is 2. The minimum absolute atomic E-state index is 0.104. The SMILES string of the molecule is C[C@@H]1OC=C(C(=O)CO)C(Cc2nccc3c4ccccc4n(C)c23)[C@H]1CO. The van der Waals surface area contributed by atoms with Crippen LogP contribution in [0.1, 0.15) is 12.6 Å². The topological polar surface area (TPSA) is 84.6 Å². The quantitative estimate of drug-likeness (QED) is 0.710. The Kier molecular flexibility index (Phi) is 4.91. The Hall–Kier alpha value is -2.70. The number of pyridine rings is 1. The fourth-order valence-electron chi connectivity index (χ4n) is 4.39. The van der Waals surface area contributed by atoms with Gasteiger partial charge in [0, 0.05) is 46.9 Å². The molecule has 0 saturated heterocycles. The standard InChI is InChI=1S/C22H24N2O4/c1-13-17(10-25)16(18(12-28-13)21(27)11-26)9-19-22-15(7-8-23-19)14-5-3-4-6-20(14)24(22)2/h3-8,12-13,16-17,25-26H,9-11H2,1-2H3/t13-,16?,17-/m0/s1. The molecule has 0 fully saturated rings. The van der Waals surface area contributed by atoms with Crippen LogP contribution in [0.2, 0.25) is 0 Å². The van der Waals surface area contributed by atoms with Gasteiger partial charge in [-0.3, -0.25) is 9.78 Å². The van der Waals surface area contributed by atoms with Crippen molar-refractivity contribution in [1.29, 1.82) is 0 Å². The number of rotatable bonds is 5. The normalized spacial score (nSPS) is 22.3. The average Bonchev–Trinajstić information content (AvgIpc) is 3.01. The number of ketones is 1. The number of hydrogen-bond acceptors (Lipinski definition) is 5. The maximum atomic E-state index is 12.3. The molecule has 146 valence electrons. The minimum atomic E-state index is -0.579. The molecule has 0 saturated carbocycles. The van der Waals surface area contributed by atoms with Crippen LogP contribution < -0.4 is 0 Å². The van der Waals surface area contributed by atoms with Gasteiger partial charge in [-0.2, -0.15) is 0 Å². The first kappa shape index (κ1) is 18.7. The van der Waals surface area contributed by atoms with Gasteiger partial charge < -0.3 is 19.5 Å². The van der Waals surface area contributed by atoms with Crippen LogP contribution in [0.4, 0.5) is 0 Å². The van der Waals surface area contributed by atoms with Crippen molar-refractivity contribution in [3.8, 4) is 0 Å². The summed E-state index contributed by atoms with van der Waals surface area (Å²) in [4.78, 5) is 16.9. The second kappa shape index (κ2) is 7.37. The number of carbonyl (C=O) groups is 1. The van der Waals surface area contributed by atoms with Crippen LogP contribution in [0.3, 0.4) is 0 Å². The Balaban J connectivity index is 1.84. The molecule has 3 aromatic rings. The summed E-state index contributed by atoms with van der Waals surface area (Å²) >= 11 is 0. The third-order valence-electron chi connectivity index (χ3n) is 5.91. The van der Waals surface area contributed by atoms with E-state index in [-0.39, 0.29) is 30.3 Å². The van der Waals surface area contributed by atoms with Crippen molar-refractivity contribution in [2.24, 2.45) is 18.9 Å². The van der Waals surface area contributed by atoms with Crippen LogP contribution in [0.5, 0.6) is 0 Å². The van der Waals surface area contributed by atoms with E-state index in [0.717, 1.165) is 27.5 Å². The third-order valence-corrected chi connectivity index (χ3v) is 5.91. The number of benzene rings is 1. The minimum Gasteiger partial charge on any atom is -0.497 e. The Labute approximate surface area is 163 Å². The van der Waals surface area contributed by atoms with Gasteiger partial charge in [0.15, 0.2) is 5.78 Å². The van der Waals surface area contributed by atoms with Gasteiger partial charge in [0.25, 0.3) is 0 Å². The first-order valence-electron chi connectivity index (χ1n) is 9.48. The van der Waals surface area contributed by atoms with Gasteiger partial charge in [0.1, 0.15) is 12.7 Å². The Morgan fingerprint density at radius 2 is 2.00 bits per heavy atom. The molecule has 1 aliphatic heterocycles. The summed E-state index contributed by atoms with van der Waals surface area (Å²) in [5.74, 6) is -0.897. The van der Waals surface area contributed by atoms with E-state index in [1.165, 1.54) is 6.26 Å². The summed E-state index contributed by atoms with van der Waals surface area (Å²) in [6.07, 6.45) is 3.49. The highest BCUT2D eigenvalue weighted by Crippen LogP contribution is 2.36. The number of aliphatic hydroxyl groups excluding tert-OH is 2. The molecule has 6 nitrogen and oxygen atoms in total. The summed E-state index contributed by atoms with van der Waals surface area (Å²) in [6.45, 7) is 1.20. The highest BCUT2D eigenvalue weighted by atomic mass is 16.5. The van der Waals surface area contributed by atoms with Crippen LogP contribution >= 0.6 is 0 Å². The second-order valence-corrected chi connectivity index (χ2v) is 7.38. The number of carbonyl (C=O) groups excluding carboxylic acids is 1. The molecule has 3 atom stereocenters. The van der Waals surface area contributed by atoms with Crippen molar-refractivity contribution in [1.82, 2.24) is 9.55 Å². The molecule has 4 rings (SSSR count). The maximum absolute atomic E-state index is 12.3. The van der Waals surface area contributed by atoms with Gasteiger partial charge in [-0.1, -0.05) is 18.2 Å². The number of hydrogen-bond donors (Lipinski definition) is 2. The van der Waals surface area contributed by atoms with Gasteiger partial charge >= 0.3 is 0 Å². The van der Waals surface area contributed by atoms with E-state index in [9.17, 15) is 15.0 Å². The van der Waals surface area contributed by atoms with Gasteiger partial charge in [0.2, 0.25) is 0 Å². The molecule has 1 aliphatic rings. The molecule has 0 aliphatic carbocycles. The fourth-order valence-corrected chi connectivity index (χ4v) is 4.39. The van der Waals surface area contributed by atoms with E-state index in [2.05, 4.69) is 21.7 Å². The highest BCUT2D eigenvalue weighted by Gasteiger charge is 2.37. The molecule has 1 aromatic carbocycles. The lowest BCUT2D eigenvalue weighted by Gasteiger charge is -2.35. The molecular weight excluding hydrogens is 356 g/mol. The number of para-hydroxylation sites is 1. The van der Waals surface area contributed by atoms with Crippen molar-refractivity contribution in [2.45, 2.75) is 19.4 Å². The summed E-state index contributed by atoms with van der Waals surface area (Å²) in [7, 11) is 2.02. The van der Waals surface area contributed by atoms with Gasteiger partial charge in [-0.25, -0.2) is 0 Å². The summed E-state index contributed by atoms with van der Waals surface area (Å²) < 4.78 is 7.69. The van der Waals surface area contributed by atoms with Crippen molar-refractivity contribution in [3.63, 3.8) is 0 Å². The molecule has 0 radical (unpaired) electrons. The molecule has 6 heteroatoms. The predicted octanol–water partition coefficient (Wildman–Crippen LogP) is 2.36. The van der Waals surface area contributed by atoms with Gasteiger partial charge in [-0.05, 0) is 25.5 Å². The van der Waals surface area contributed by atoms with E-state index in [4.69, 9.17) is 4.74 Å².